The Kier molecular flexibility index (Phi) is 2.59. The van der Waals surface area contributed by atoms with Crippen molar-refractivity contribution in [2.45, 2.75) is 6.42 Å². The predicted molar refractivity (Wildman–Crippen MR) is 42.3 cm³/mol. The average Bonchev–Trinajstić information content (AvgIpc) is 2.35. The summed E-state index contributed by atoms with van der Waals surface area (Å²) in [6, 6.07) is 0. The van der Waals surface area contributed by atoms with Crippen LogP contribution >= 0.6 is 11.3 Å². The molecule has 0 amide bonds. The Labute approximate surface area is 69.0 Å². The van der Waals surface area contributed by atoms with E-state index in [0.29, 0.717) is 0 Å². The molecular formula is C7H8NO2S. The van der Waals surface area contributed by atoms with Crippen LogP contribution in [0.2, 0.25) is 0 Å². The number of hydrogen-bond acceptors (Lipinski definition) is 4. The lowest BCUT2D eigenvalue weighted by atomic mass is 10.3. The summed E-state index contributed by atoms with van der Waals surface area (Å²) in [5.74, 6) is -0.268. The van der Waals surface area contributed by atoms with Crippen LogP contribution in [-0.4, -0.2) is 18.1 Å². The van der Waals surface area contributed by atoms with Gasteiger partial charge in [0.25, 0.3) is 0 Å². The van der Waals surface area contributed by atoms with Gasteiger partial charge in [-0.3, -0.25) is 4.79 Å². The van der Waals surface area contributed by atoms with Crippen LogP contribution in [0.4, 0.5) is 0 Å². The van der Waals surface area contributed by atoms with Crippen LogP contribution in [-0.2, 0) is 16.0 Å². The van der Waals surface area contributed by atoms with Crippen molar-refractivity contribution in [2.75, 3.05) is 7.11 Å². The second kappa shape index (κ2) is 3.48. The molecule has 3 nitrogen and oxygen atoms in total. The first-order chi connectivity index (χ1) is 5.22. The van der Waals surface area contributed by atoms with E-state index in [1.165, 1.54) is 18.4 Å². The van der Waals surface area contributed by atoms with Gasteiger partial charge in [-0.05, 0) is 0 Å². The first kappa shape index (κ1) is 8.20. The van der Waals surface area contributed by atoms with E-state index < -0.39 is 0 Å². The van der Waals surface area contributed by atoms with Gasteiger partial charge in [-0.15, -0.1) is 11.3 Å². The fraction of sp³-hybridized carbons (Fsp3) is 0.286. The standard InChI is InChI=1S/C7H8NO2S/c1-5-8-6(4-11-5)3-7(9)10-2/h4H,1,3H2,2H3. The highest BCUT2D eigenvalue weighted by Crippen LogP contribution is 2.08. The molecule has 0 spiro atoms. The Morgan fingerprint density at radius 2 is 2.64 bits per heavy atom. The third-order valence-corrected chi connectivity index (χ3v) is 1.91. The Hall–Kier alpha value is -0.900. The van der Waals surface area contributed by atoms with Gasteiger partial charge in [0.15, 0.2) is 0 Å². The van der Waals surface area contributed by atoms with Gasteiger partial charge in [0.2, 0.25) is 0 Å². The summed E-state index contributed by atoms with van der Waals surface area (Å²) in [6.07, 6.45) is 0.239. The van der Waals surface area contributed by atoms with Crippen molar-refractivity contribution < 1.29 is 9.53 Å². The maximum atomic E-state index is 10.7. The lowest BCUT2D eigenvalue weighted by Crippen LogP contribution is -2.04. The van der Waals surface area contributed by atoms with Crippen LogP contribution in [0.5, 0.6) is 0 Å². The van der Waals surface area contributed by atoms with Crippen LogP contribution in [0.15, 0.2) is 5.38 Å². The van der Waals surface area contributed by atoms with Crippen LogP contribution in [0.1, 0.15) is 10.7 Å². The van der Waals surface area contributed by atoms with Crippen molar-refractivity contribution in [3.05, 3.63) is 23.0 Å². The minimum Gasteiger partial charge on any atom is -0.469 e. The third kappa shape index (κ3) is 2.31. The molecule has 1 rings (SSSR count). The van der Waals surface area contributed by atoms with E-state index in [1.54, 1.807) is 5.38 Å². The second-order valence-electron chi connectivity index (χ2n) is 1.99. The number of ether oxygens (including phenoxy) is 1. The van der Waals surface area contributed by atoms with Crippen molar-refractivity contribution in [3.8, 4) is 0 Å². The van der Waals surface area contributed by atoms with Gasteiger partial charge < -0.3 is 4.74 Å². The Balaban J connectivity index is 2.57. The fourth-order valence-corrected chi connectivity index (χ4v) is 1.23. The molecule has 59 valence electrons. The van der Waals surface area contributed by atoms with Crippen molar-refractivity contribution in [2.24, 2.45) is 0 Å². The molecule has 0 saturated carbocycles. The fourth-order valence-electron chi connectivity index (χ4n) is 0.650. The van der Waals surface area contributed by atoms with Crippen LogP contribution in [0.25, 0.3) is 0 Å². The van der Waals surface area contributed by atoms with Gasteiger partial charge in [0, 0.05) is 12.3 Å². The SMILES string of the molecule is [CH2]c1nc(CC(=O)OC)cs1. The number of nitrogens with zero attached hydrogens (tertiary/aromatic N) is 1. The molecule has 0 aliphatic heterocycles. The van der Waals surface area contributed by atoms with Gasteiger partial charge in [-0.25, -0.2) is 4.98 Å². The molecule has 1 heterocycles. The van der Waals surface area contributed by atoms with Crippen molar-refractivity contribution in [1.29, 1.82) is 0 Å². The largest absolute Gasteiger partial charge is 0.469 e. The summed E-state index contributed by atoms with van der Waals surface area (Å²) in [7, 11) is 1.36. The Morgan fingerprint density at radius 1 is 1.91 bits per heavy atom. The number of carbonyl (C=O) groups is 1. The van der Waals surface area contributed by atoms with Crippen molar-refractivity contribution >= 4 is 17.3 Å². The maximum absolute atomic E-state index is 10.7. The number of thiazole rings is 1. The van der Waals surface area contributed by atoms with E-state index in [-0.39, 0.29) is 12.4 Å². The molecule has 0 bridgehead atoms. The number of carbonyl (C=O) groups excluding carboxylic acids is 1. The summed E-state index contributed by atoms with van der Waals surface area (Å²) < 4.78 is 4.47. The maximum Gasteiger partial charge on any atom is 0.311 e. The highest BCUT2D eigenvalue weighted by molar-refractivity contribution is 7.09. The summed E-state index contributed by atoms with van der Waals surface area (Å²) in [5, 5.41) is 2.53. The summed E-state index contributed by atoms with van der Waals surface area (Å²) >= 11 is 1.43. The molecule has 11 heavy (non-hydrogen) atoms. The lowest BCUT2D eigenvalue weighted by Gasteiger charge is -1.93. The first-order valence-corrected chi connectivity index (χ1v) is 3.93. The van der Waals surface area contributed by atoms with E-state index in [4.69, 9.17) is 0 Å². The highest BCUT2D eigenvalue weighted by Gasteiger charge is 2.04. The smallest absolute Gasteiger partial charge is 0.311 e. The number of esters is 1. The zero-order valence-corrected chi connectivity index (χ0v) is 6.98. The highest BCUT2D eigenvalue weighted by atomic mass is 32.1. The average molecular weight is 170 g/mol. The van der Waals surface area contributed by atoms with Crippen molar-refractivity contribution in [1.82, 2.24) is 4.98 Å². The minimum atomic E-state index is -0.268. The molecule has 0 aliphatic carbocycles. The predicted octanol–water partition coefficient (Wildman–Crippen LogP) is 1.04. The lowest BCUT2D eigenvalue weighted by molar-refractivity contribution is -0.139. The second-order valence-corrected chi connectivity index (χ2v) is 2.93. The van der Waals surface area contributed by atoms with E-state index in [2.05, 4.69) is 16.6 Å². The van der Waals surface area contributed by atoms with E-state index in [0.717, 1.165) is 10.7 Å². The zero-order chi connectivity index (χ0) is 8.27. The molecule has 1 aromatic rings. The number of rotatable bonds is 2. The first-order valence-electron chi connectivity index (χ1n) is 3.05. The number of aromatic nitrogens is 1. The molecule has 0 atom stereocenters. The van der Waals surface area contributed by atoms with Gasteiger partial charge in [0.05, 0.1) is 24.2 Å². The number of hydrogen-bond donors (Lipinski definition) is 0. The molecule has 0 unspecified atom stereocenters. The van der Waals surface area contributed by atoms with Gasteiger partial charge in [-0.2, -0.15) is 0 Å². The monoisotopic (exact) mass is 170 g/mol. The molecule has 4 heteroatoms. The molecule has 0 aliphatic rings. The van der Waals surface area contributed by atoms with Gasteiger partial charge in [0.1, 0.15) is 0 Å². The molecule has 0 aromatic carbocycles. The normalized spacial score (nSPS) is 9.64. The molecule has 0 N–H and O–H groups in total. The zero-order valence-electron chi connectivity index (χ0n) is 6.16. The van der Waals surface area contributed by atoms with Crippen molar-refractivity contribution in [3.63, 3.8) is 0 Å². The van der Waals surface area contributed by atoms with E-state index in [9.17, 15) is 4.79 Å². The molecule has 0 fully saturated rings. The minimum absolute atomic E-state index is 0.239. The van der Waals surface area contributed by atoms with Crippen LogP contribution < -0.4 is 0 Å². The molecule has 1 aromatic heterocycles. The molecule has 1 radical (unpaired) electrons. The van der Waals surface area contributed by atoms with E-state index in [1.807, 2.05) is 0 Å². The molecule has 0 saturated heterocycles. The Morgan fingerprint density at radius 3 is 3.09 bits per heavy atom. The van der Waals surface area contributed by atoms with Crippen LogP contribution in [0.3, 0.4) is 0 Å². The van der Waals surface area contributed by atoms with Gasteiger partial charge in [-0.1, -0.05) is 0 Å². The topological polar surface area (TPSA) is 39.2 Å². The summed E-state index contributed by atoms with van der Waals surface area (Å²) in [6.45, 7) is 3.63. The Bertz CT molecular complexity index is 257. The number of methoxy groups -OCH3 is 1. The van der Waals surface area contributed by atoms with Crippen LogP contribution in [0, 0.1) is 6.92 Å². The summed E-state index contributed by atoms with van der Waals surface area (Å²) in [4.78, 5) is 14.7. The third-order valence-electron chi connectivity index (χ3n) is 1.15. The summed E-state index contributed by atoms with van der Waals surface area (Å²) in [5.41, 5.74) is 0.729. The van der Waals surface area contributed by atoms with Gasteiger partial charge >= 0.3 is 5.97 Å². The molecular weight excluding hydrogens is 162 g/mol. The van der Waals surface area contributed by atoms with E-state index >= 15 is 0 Å². The quantitative estimate of drug-likeness (QED) is 0.622.